The van der Waals surface area contributed by atoms with E-state index >= 15 is 0 Å². The van der Waals surface area contributed by atoms with E-state index in [2.05, 4.69) is 124 Å². The first kappa shape index (κ1) is 69.0. The van der Waals surface area contributed by atoms with Crippen LogP contribution in [-0.4, -0.2) is 44.8 Å². The maximum absolute atomic E-state index is 9.01. The number of unbranched alkanes of at least 4 members (excludes halogenated alkanes) is 8. The fourth-order valence-electron chi connectivity index (χ4n) is 7.98. The minimum atomic E-state index is -0.388. The number of hydrogen-bond acceptors (Lipinski definition) is 4. The Bertz CT molecular complexity index is 1580. The second kappa shape index (κ2) is 47.7. The third-order valence-electron chi connectivity index (χ3n) is 13.3. The van der Waals surface area contributed by atoms with Crippen LogP contribution in [0.3, 0.4) is 0 Å². The van der Waals surface area contributed by atoms with Gasteiger partial charge in [0.25, 0.3) is 0 Å². The highest BCUT2D eigenvalue weighted by Gasteiger charge is 2.36. The number of hydrogen-bond donors (Lipinski definition) is 4. The van der Waals surface area contributed by atoms with Crippen molar-refractivity contribution in [1.82, 2.24) is 0 Å². The van der Waals surface area contributed by atoms with Gasteiger partial charge in [0.1, 0.15) is 0 Å². The molecule has 4 rings (SSSR count). The number of aliphatic hydroxyl groups excluding tert-OH is 4. The van der Waals surface area contributed by atoms with Gasteiger partial charge in [-0.2, -0.15) is 0 Å². The van der Waals surface area contributed by atoms with Crippen LogP contribution in [0.2, 0.25) is 0 Å². The lowest BCUT2D eigenvalue weighted by atomic mass is 10.1. The predicted molar refractivity (Wildman–Crippen MR) is 319 cm³/mol. The van der Waals surface area contributed by atoms with Crippen molar-refractivity contribution in [2.45, 2.75) is 241 Å². The van der Waals surface area contributed by atoms with E-state index in [9.17, 15) is 0 Å². The molecular formula is C69H108O4. The molecule has 12 atom stereocenters. The first-order valence-corrected chi connectivity index (χ1v) is 28.9. The van der Waals surface area contributed by atoms with Gasteiger partial charge in [-0.3, -0.25) is 0 Å². The van der Waals surface area contributed by atoms with Gasteiger partial charge in [-0.15, -0.1) is 0 Å². The topological polar surface area (TPSA) is 80.9 Å². The molecule has 0 radical (unpaired) electrons. The minimum absolute atomic E-state index is 0. The Labute approximate surface area is 451 Å². The summed E-state index contributed by atoms with van der Waals surface area (Å²) in [6.45, 7) is 15.9. The molecule has 4 fully saturated rings. The largest absolute Gasteiger partial charge is 0.389 e. The van der Waals surface area contributed by atoms with E-state index in [1.54, 1.807) is 76.3 Å². The molecule has 73 heavy (non-hydrogen) atoms. The fraction of sp³-hybridized carbons (Fsp3) is 0.652. The Morgan fingerprint density at radius 1 is 0.342 bits per heavy atom. The van der Waals surface area contributed by atoms with Crippen molar-refractivity contribution in [2.24, 2.45) is 47.3 Å². The summed E-state index contributed by atoms with van der Waals surface area (Å²) in [7, 11) is 0. The lowest BCUT2D eigenvalue weighted by Crippen LogP contribution is -1.90. The normalized spacial score (nSPS) is 23.8. The third-order valence-corrected chi connectivity index (χ3v) is 13.3. The summed E-state index contributed by atoms with van der Waals surface area (Å²) in [6, 6.07) is 0. The predicted octanol–water partition coefficient (Wildman–Crippen LogP) is 17.0. The van der Waals surface area contributed by atoms with Crippen LogP contribution < -0.4 is 0 Å². The highest BCUT2D eigenvalue weighted by atomic mass is 16.3. The first-order valence-electron chi connectivity index (χ1n) is 28.9. The van der Waals surface area contributed by atoms with E-state index in [1.165, 1.54) is 128 Å². The Hall–Kier alpha value is -4.00. The van der Waals surface area contributed by atoms with Crippen molar-refractivity contribution in [3.63, 3.8) is 0 Å². The molecule has 4 aliphatic carbocycles. The zero-order valence-corrected chi connectivity index (χ0v) is 46.9. The second-order valence-corrected chi connectivity index (χ2v) is 20.9. The van der Waals surface area contributed by atoms with Gasteiger partial charge in [0.2, 0.25) is 0 Å². The van der Waals surface area contributed by atoms with Crippen LogP contribution in [0.5, 0.6) is 0 Å². The lowest BCUT2D eigenvalue weighted by molar-refractivity contribution is 0.244. The van der Waals surface area contributed by atoms with E-state index in [-0.39, 0.29) is 31.8 Å². The molecule has 0 amide bonds. The molecule has 0 heterocycles. The summed E-state index contributed by atoms with van der Waals surface area (Å²) >= 11 is 0. The molecule has 0 unspecified atom stereocenters. The molecular weight excluding hydrogens is 893 g/mol. The van der Waals surface area contributed by atoms with Crippen molar-refractivity contribution in [3.05, 3.63) is 97.2 Å². The quantitative estimate of drug-likeness (QED) is 0.0358. The summed E-state index contributed by atoms with van der Waals surface area (Å²) in [4.78, 5) is 0. The summed E-state index contributed by atoms with van der Waals surface area (Å²) in [5, 5.41) is 36.0. The van der Waals surface area contributed by atoms with Gasteiger partial charge in [-0.05, 0) is 201 Å². The first-order chi connectivity index (χ1) is 34.9. The summed E-state index contributed by atoms with van der Waals surface area (Å²) in [5.41, 5.74) is 0. The monoisotopic (exact) mass is 1000 g/mol. The maximum Gasteiger partial charge on any atom is 0.0701 e. The van der Waals surface area contributed by atoms with Crippen molar-refractivity contribution in [1.29, 1.82) is 0 Å². The van der Waals surface area contributed by atoms with Crippen LogP contribution in [0.4, 0.5) is 0 Å². The van der Waals surface area contributed by atoms with Crippen molar-refractivity contribution < 1.29 is 20.4 Å². The molecule has 408 valence electrons. The molecule has 0 aromatic carbocycles. The molecule has 4 N–H and O–H groups in total. The number of allylic oxidation sites excluding steroid dienone is 12. The summed E-state index contributed by atoms with van der Waals surface area (Å²) in [6.07, 6.45) is 60.7. The van der Waals surface area contributed by atoms with Crippen LogP contribution in [0, 0.1) is 94.7 Å². The molecule has 4 heteroatoms. The van der Waals surface area contributed by atoms with Crippen LogP contribution in [0.25, 0.3) is 0 Å². The van der Waals surface area contributed by atoms with Crippen LogP contribution in [0.1, 0.15) is 217 Å². The zero-order chi connectivity index (χ0) is 52.9. The second-order valence-electron chi connectivity index (χ2n) is 20.9. The molecule has 4 nitrogen and oxygen atoms in total. The number of aliphatic hydroxyl groups is 4. The molecule has 4 saturated carbocycles. The molecule has 0 saturated heterocycles. The zero-order valence-electron chi connectivity index (χ0n) is 46.9. The van der Waals surface area contributed by atoms with Crippen LogP contribution in [0.15, 0.2) is 97.2 Å². The standard InChI is InChI=1S/4C17H26O.CH4/c4*1-3-4-5-6-9-12-16-14-17(16)13-10-7-8-11-15(2)18;/h4*6,8-9,11,15-18H,3-5,12-14H2,1-2H3;1H4/b4*9-6-,11-8+;/t15-,16+,17+;15-,16+,17-;15-,16-,17+;15-,16-,17-;/m1010./s1. The molecule has 0 spiro atoms. The summed E-state index contributed by atoms with van der Waals surface area (Å²) < 4.78 is 0. The highest BCUT2D eigenvalue weighted by molar-refractivity contribution is 5.20. The van der Waals surface area contributed by atoms with Gasteiger partial charge in [0.05, 0.1) is 24.4 Å². The van der Waals surface area contributed by atoms with Gasteiger partial charge >= 0.3 is 0 Å². The Balaban J connectivity index is 0.000000943. The van der Waals surface area contributed by atoms with Crippen molar-refractivity contribution >= 4 is 0 Å². The fourth-order valence-corrected chi connectivity index (χ4v) is 7.98. The Morgan fingerprint density at radius 2 is 0.548 bits per heavy atom. The molecule has 0 aromatic heterocycles. The van der Waals surface area contributed by atoms with Crippen LogP contribution in [-0.2, 0) is 0 Å². The smallest absolute Gasteiger partial charge is 0.0701 e. The number of rotatable bonds is 28. The Kier molecular flexibility index (Phi) is 45.1. The van der Waals surface area contributed by atoms with Crippen molar-refractivity contribution in [2.75, 3.05) is 0 Å². The average Bonchev–Trinajstić information content (AvgIpc) is 4.16. The van der Waals surface area contributed by atoms with E-state index < -0.39 is 0 Å². The molecule has 0 aromatic rings. The average molecular weight is 1000 g/mol. The lowest BCUT2D eigenvalue weighted by Gasteiger charge is -1.91. The van der Waals surface area contributed by atoms with E-state index in [0.717, 1.165) is 73.0 Å². The highest BCUT2D eigenvalue weighted by Crippen LogP contribution is 2.45. The van der Waals surface area contributed by atoms with Crippen LogP contribution >= 0.6 is 0 Å². The minimum Gasteiger partial charge on any atom is -0.389 e. The maximum atomic E-state index is 9.01. The van der Waals surface area contributed by atoms with Gasteiger partial charge in [0.15, 0.2) is 0 Å². The molecule has 0 aliphatic heterocycles. The van der Waals surface area contributed by atoms with E-state index in [4.69, 9.17) is 20.4 Å². The SMILES string of the molecule is C.CCCC/C=C\C[C@@H]1C[C@@H]1CC#C/C=C/[C@@H](C)O.CCCC/C=C\C[C@@H]1C[C@@H]1CC#C/C=C/[C@H](C)O.CCCC/C=C\C[C@H]1C[C@@H]1CC#C/C=C/[C@@H](C)O.CCCC/C=C\C[C@H]1C[C@@H]1CC#C/C=C/[C@H](C)O. The van der Waals surface area contributed by atoms with Crippen molar-refractivity contribution in [3.8, 4) is 47.4 Å². The van der Waals surface area contributed by atoms with Gasteiger partial charge in [-0.1, -0.05) is 182 Å². The van der Waals surface area contributed by atoms with E-state index in [0.29, 0.717) is 0 Å². The third kappa shape index (κ3) is 46.3. The molecule has 0 bridgehead atoms. The van der Waals surface area contributed by atoms with E-state index in [1.807, 2.05) is 0 Å². The summed E-state index contributed by atoms with van der Waals surface area (Å²) in [5.74, 6) is 31.4. The van der Waals surface area contributed by atoms with Gasteiger partial charge < -0.3 is 20.4 Å². The van der Waals surface area contributed by atoms with Gasteiger partial charge in [-0.25, -0.2) is 0 Å². The Morgan fingerprint density at radius 3 is 0.726 bits per heavy atom. The molecule has 4 aliphatic rings. The van der Waals surface area contributed by atoms with Gasteiger partial charge in [0, 0.05) is 25.7 Å².